The average molecular weight is 741 g/mol. The highest BCUT2D eigenvalue weighted by molar-refractivity contribution is 7.89. The van der Waals surface area contributed by atoms with Gasteiger partial charge in [-0.1, -0.05) is 12.1 Å². The van der Waals surface area contributed by atoms with Gasteiger partial charge < -0.3 is 24.4 Å². The van der Waals surface area contributed by atoms with Crippen LogP contribution < -0.4 is 4.74 Å². The number of hydrogen-bond donors (Lipinski definition) is 1. The van der Waals surface area contributed by atoms with Crippen LogP contribution >= 0.6 is 0 Å². The van der Waals surface area contributed by atoms with E-state index in [0.717, 1.165) is 15.9 Å². The fraction of sp³-hybridized carbons (Fsp3) is 0.486. The Bertz CT molecular complexity index is 1930. The van der Waals surface area contributed by atoms with Crippen molar-refractivity contribution in [3.05, 3.63) is 81.7 Å². The molecule has 1 spiro atoms. The number of benzene rings is 2. The lowest BCUT2D eigenvalue weighted by Gasteiger charge is -2.45. The molecule has 1 saturated heterocycles. The molecule has 280 valence electrons. The number of hydrogen-bond acceptors (Lipinski definition) is 10. The van der Waals surface area contributed by atoms with Crippen molar-refractivity contribution in [2.75, 3.05) is 39.3 Å². The van der Waals surface area contributed by atoms with Gasteiger partial charge in [-0.05, 0) is 76.1 Å². The van der Waals surface area contributed by atoms with Crippen LogP contribution in [0.2, 0.25) is 0 Å². The van der Waals surface area contributed by atoms with Crippen LogP contribution in [0.3, 0.4) is 0 Å². The van der Waals surface area contributed by atoms with E-state index in [-0.39, 0.29) is 49.7 Å². The second-order valence-corrected chi connectivity index (χ2v) is 16.2. The summed E-state index contributed by atoms with van der Waals surface area (Å²) in [4.78, 5) is 53.5. The minimum atomic E-state index is -4.39. The largest absolute Gasteiger partial charge is 0.491 e. The number of piperidine rings is 1. The molecule has 1 fully saturated rings. The number of amides is 2. The molecule has 16 nitrogen and oxygen atoms in total. The molecule has 0 saturated carbocycles. The fourth-order valence-electron chi connectivity index (χ4n) is 6.69. The van der Waals surface area contributed by atoms with E-state index in [1.54, 1.807) is 54.7 Å². The molecule has 52 heavy (non-hydrogen) atoms. The Morgan fingerprint density at radius 1 is 1.08 bits per heavy atom. The maximum Gasteiger partial charge on any atom is 0.410 e. The number of nitro groups is 1. The van der Waals surface area contributed by atoms with Crippen LogP contribution in [-0.4, -0.2) is 105 Å². The molecule has 2 amide bonds. The summed E-state index contributed by atoms with van der Waals surface area (Å²) in [5.74, 6) is -1.67. The summed E-state index contributed by atoms with van der Waals surface area (Å²) >= 11 is 0. The zero-order valence-electron chi connectivity index (χ0n) is 29.7. The standard InChI is InChI=1S/C35H44N6O10S/c1-34(2,3)51-33(45)38-16-13-35(14-17-38)12-7-15-40(52(48,49)30-9-6-5-8-28(30)41(46)47)18-19-50-29-11-10-26(32(43)44)20-27(29)31(42)39(24-35)23-25-21-36-37(4)22-25/h5-6,8-11,20-22H,7,12-19,23-24H2,1-4H3,(H,43,44). The Labute approximate surface area is 302 Å². The van der Waals surface area contributed by atoms with Crippen molar-refractivity contribution in [2.45, 2.75) is 63.5 Å². The number of nitrogens with zero attached hydrogens (tertiary/aromatic N) is 6. The van der Waals surface area contributed by atoms with Crippen molar-refractivity contribution in [2.24, 2.45) is 12.5 Å². The number of para-hydroxylation sites is 1. The number of fused-ring (bicyclic) bond motifs is 1. The molecule has 1 aromatic heterocycles. The zero-order valence-corrected chi connectivity index (χ0v) is 30.5. The summed E-state index contributed by atoms with van der Waals surface area (Å²) in [5, 5.41) is 25.9. The number of carboxylic acid groups (broad SMARTS) is 1. The summed E-state index contributed by atoms with van der Waals surface area (Å²) in [5.41, 5.74) is -1.28. The van der Waals surface area contributed by atoms with Crippen molar-refractivity contribution in [1.29, 1.82) is 0 Å². The lowest BCUT2D eigenvalue weighted by atomic mass is 9.74. The number of carboxylic acids is 1. The van der Waals surface area contributed by atoms with Gasteiger partial charge in [-0.3, -0.25) is 19.6 Å². The number of aromatic nitrogens is 2. The van der Waals surface area contributed by atoms with Gasteiger partial charge in [0.1, 0.15) is 18.0 Å². The molecular formula is C35H44N6O10S. The van der Waals surface area contributed by atoms with E-state index in [4.69, 9.17) is 9.47 Å². The van der Waals surface area contributed by atoms with Gasteiger partial charge in [0.15, 0.2) is 4.90 Å². The summed E-state index contributed by atoms with van der Waals surface area (Å²) < 4.78 is 42.5. The average Bonchev–Trinajstić information content (AvgIpc) is 3.50. The van der Waals surface area contributed by atoms with E-state index in [9.17, 15) is 38.0 Å². The van der Waals surface area contributed by atoms with Gasteiger partial charge >= 0.3 is 12.1 Å². The Kier molecular flexibility index (Phi) is 11.2. The van der Waals surface area contributed by atoms with Gasteiger partial charge in [0.25, 0.3) is 11.6 Å². The summed E-state index contributed by atoms with van der Waals surface area (Å²) in [7, 11) is -2.64. The summed E-state index contributed by atoms with van der Waals surface area (Å²) in [6.45, 7) is 5.90. The van der Waals surface area contributed by atoms with Crippen molar-refractivity contribution in [1.82, 2.24) is 23.9 Å². The number of aryl methyl sites for hydroxylation is 1. The molecule has 2 aliphatic rings. The SMILES string of the molecule is Cn1cc(CN2CC3(CCCN(S(=O)(=O)c4ccccc4[N+](=O)[O-])CCOc4ccc(C(=O)O)cc4C2=O)CCN(C(=O)OC(C)(C)C)CC3)cn1. The predicted molar refractivity (Wildman–Crippen MR) is 187 cm³/mol. The number of rotatable bonds is 6. The van der Waals surface area contributed by atoms with Gasteiger partial charge in [0.2, 0.25) is 10.0 Å². The maximum atomic E-state index is 14.6. The third-order valence-corrected chi connectivity index (χ3v) is 11.2. The van der Waals surface area contributed by atoms with E-state index < -0.39 is 54.5 Å². The molecule has 3 aromatic rings. The van der Waals surface area contributed by atoms with Crippen molar-refractivity contribution in [3.8, 4) is 5.75 Å². The first-order chi connectivity index (χ1) is 24.5. The highest BCUT2D eigenvalue weighted by Crippen LogP contribution is 2.39. The monoisotopic (exact) mass is 740 g/mol. The lowest BCUT2D eigenvalue weighted by Crippen LogP contribution is -2.50. The molecule has 0 radical (unpaired) electrons. The van der Waals surface area contributed by atoms with E-state index in [1.165, 1.54) is 36.4 Å². The minimum absolute atomic E-state index is 0.00334. The molecule has 0 aliphatic carbocycles. The van der Waals surface area contributed by atoms with Gasteiger partial charge in [0, 0.05) is 64.1 Å². The first-order valence-electron chi connectivity index (χ1n) is 17.0. The van der Waals surface area contributed by atoms with E-state index in [1.807, 2.05) is 0 Å². The molecule has 3 heterocycles. The van der Waals surface area contributed by atoms with Crippen LogP contribution in [0, 0.1) is 15.5 Å². The number of ether oxygens (including phenoxy) is 2. The maximum absolute atomic E-state index is 14.6. The van der Waals surface area contributed by atoms with Gasteiger partial charge in [0.05, 0.1) is 22.2 Å². The molecule has 1 N–H and O–H groups in total. The van der Waals surface area contributed by atoms with Crippen molar-refractivity contribution < 1.29 is 42.3 Å². The van der Waals surface area contributed by atoms with Crippen LogP contribution in [0.25, 0.3) is 0 Å². The molecular weight excluding hydrogens is 696 g/mol. The number of aromatic carboxylic acids is 1. The van der Waals surface area contributed by atoms with Crippen LogP contribution in [0.4, 0.5) is 10.5 Å². The topological polar surface area (TPSA) is 195 Å². The van der Waals surface area contributed by atoms with Crippen LogP contribution in [-0.2, 0) is 28.4 Å². The van der Waals surface area contributed by atoms with Crippen LogP contribution in [0.1, 0.15) is 72.7 Å². The first-order valence-corrected chi connectivity index (χ1v) is 18.4. The van der Waals surface area contributed by atoms with Crippen LogP contribution in [0.5, 0.6) is 5.75 Å². The molecule has 2 aromatic carbocycles. The van der Waals surface area contributed by atoms with Crippen molar-refractivity contribution in [3.63, 3.8) is 0 Å². The van der Waals surface area contributed by atoms with Gasteiger partial charge in [-0.15, -0.1) is 0 Å². The number of carbonyl (C=O) groups excluding carboxylic acids is 2. The molecule has 0 unspecified atom stereocenters. The quantitative estimate of drug-likeness (QED) is 0.275. The minimum Gasteiger partial charge on any atom is -0.491 e. The Balaban J connectivity index is 1.56. The predicted octanol–water partition coefficient (Wildman–Crippen LogP) is 4.55. The molecule has 2 aliphatic heterocycles. The Morgan fingerprint density at radius 3 is 2.42 bits per heavy atom. The highest BCUT2D eigenvalue weighted by atomic mass is 32.2. The number of nitro benzene ring substituents is 1. The van der Waals surface area contributed by atoms with Crippen LogP contribution in [0.15, 0.2) is 59.8 Å². The normalized spacial score (nSPS) is 17.7. The van der Waals surface area contributed by atoms with Gasteiger partial charge in [-0.2, -0.15) is 9.40 Å². The highest BCUT2D eigenvalue weighted by Gasteiger charge is 2.41. The summed E-state index contributed by atoms with van der Waals surface area (Å²) in [6.07, 6.45) is 4.65. The summed E-state index contributed by atoms with van der Waals surface area (Å²) in [6, 6.07) is 9.06. The smallest absolute Gasteiger partial charge is 0.410 e. The lowest BCUT2D eigenvalue weighted by molar-refractivity contribution is -0.387. The first kappa shape index (κ1) is 38.2. The number of sulfonamides is 1. The Morgan fingerprint density at radius 2 is 1.79 bits per heavy atom. The number of carbonyl (C=O) groups is 3. The second-order valence-electron chi connectivity index (χ2n) is 14.2. The molecule has 17 heteroatoms. The molecule has 0 bridgehead atoms. The molecule has 0 atom stereocenters. The van der Waals surface area contributed by atoms with Crippen molar-refractivity contribution >= 4 is 33.7 Å². The van der Waals surface area contributed by atoms with E-state index in [2.05, 4.69) is 5.10 Å². The fourth-order valence-corrected chi connectivity index (χ4v) is 8.31. The zero-order chi connectivity index (χ0) is 37.8. The van der Waals surface area contributed by atoms with Gasteiger partial charge in [-0.25, -0.2) is 18.0 Å². The Hall–Kier alpha value is -5.03. The second kappa shape index (κ2) is 15.3. The number of likely N-dealkylation sites (tertiary alicyclic amines) is 1. The third-order valence-electron chi connectivity index (χ3n) is 9.27. The van der Waals surface area contributed by atoms with E-state index in [0.29, 0.717) is 38.8 Å². The van der Waals surface area contributed by atoms with E-state index >= 15 is 0 Å². The third kappa shape index (κ3) is 8.88. The molecule has 5 rings (SSSR count).